The fourth-order valence-corrected chi connectivity index (χ4v) is 5.58. The van der Waals surface area contributed by atoms with E-state index in [0.29, 0.717) is 21.5 Å². The standard InChI is InChI=1S/C14H19BrN2O2S/c1-9-3-2-4-13(14(9)15)20(18,19)17-12-7-10-5-6-11(8-12)16-10/h2-4,10-12,16-17H,5-8H2,1H3. The summed E-state index contributed by atoms with van der Waals surface area (Å²) in [4.78, 5) is 0.336. The maximum atomic E-state index is 12.5. The van der Waals surface area contributed by atoms with Gasteiger partial charge in [0.1, 0.15) is 0 Å². The molecular weight excluding hydrogens is 340 g/mol. The van der Waals surface area contributed by atoms with Crippen LogP contribution < -0.4 is 10.0 Å². The molecular formula is C14H19BrN2O2S. The van der Waals surface area contributed by atoms with E-state index >= 15 is 0 Å². The third-order valence-corrected chi connectivity index (χ3v) is 7.12. The number of rotatable bonds is 3. The fraction of sp³-hybridized carbons (Fsp3) is 0.571. The highest BCUT2D eigenvalue weighted by molar-refractivity contribution is 9.10. The van der Waals surface area contributed by atoms with Crippen LogP contribution in [0, 0.1) is 6.92 Å². The van der Waals surface area contributed by atoms with E-state index < -0.39 is 10.0 Å². The summed E-state index contributed by atoms with van der Waals surface area (Å²) in [5.74, 6) is 0. The highest BCUT2D eigenvalue weighted by Crippen LogP contribution is 2.29. The summed E-state index contributed by atoms with van der Waals surface area (Å²) < 4.78 is 28.6. The van der Waals surface area contributed by atoms with Gasteiger partial charge in [0.15, 0.2) is 0 Å². The summed E-state index contributed by atoms with van der Waals surface area (Å²) in [6.45, 7) is 1.90. The predicted molar refractivity (Wildman–Crippen MR) is 82.2 cm³/mol. The number of sulfonamides is 1. The van der Waals surface area contributed by atoms with Crippen molar-refractivity contribution in [3.63, 3.8) is 0 Å². The maximum Gasteiger partial charge on any atom is 0.241 e. The van der Waals surface area contributed by atoms with E-state index in [1.165, 1.54) is 0 Å². The summed E-state index contributed by atoms with van der Waals surface area (Å²) in [5, 5.41) is 3.52. The van der Waals surface area contributed by atoms with Crippen molar-refractivity contribution < 1.29 is 8.42 Å². The largest absolute Gasteiger partial charge is 0.311 e. The molecule has 2 fully saturated rings. The molecule has 3 rings (SSSR count). The number of hydrogen-bond donors (Lipinski definition) is 2. The van der Waals surface area contributed by atoms with Crippen LogP contribution in [0.15, 0.2) is 27.6 Å². The van der Waals surface area contributed by atoms with Gasteiger partial charge in [-0.15, -0.1) is 0 Å². The molecule has 2 atom stereocenters. The Morgan fingerprint density at radius 3 is 2.55 bits per heavy atom. The number of hydrogen-bond acceptors (Lipinski definition) is 3. The molecule has 2 N–H and O–H groups in total. The van der Waals surface area contributed by atoms with Crippen molar-refractivity contribution in [3.8, 4) is 0 Å². The Morgan fingerprint density at radius 1 is 1.25 bits per heavy atom. The summed E-state index contributed by atoms with van der Waals surface area (Å²) >= 11 is 3.39. The van der Waals surface area contributed by atoms with Crippen LogP contribution in [0.3, 0.4) is 0 Å². The highest BCUT2D eigenvalue weighted by atomic mass is 79.9. The predicted octanol–water partition coefficient (Wildman–Crippen LogP) is 2.32. The molecule has 2 unspecified atom stereocenters. The van der Waals surface area contributed by atoms with E-state index in [2.05, 4.69) is 26.0 Å². The number of aryl methyl sites for hydroxylation is 1. The van der Waals surface area contributed by atoms with Gasteiger partial charge >= 0.3 is 0 Å². The van der Waals surface area contributed by atoms with Crippen LogP contribution in [0.4, 0.5) is 0 Å². The maximum absolute atomic E-state index is 12.5. The Labute approximate surface area is 128 Å². The molecule has 2 heterocycles. The second-order valence-electron chi connectivity index (χ2n) is 5.81. The minimum absolute atomic E-state index is 0.0474. The Bertz CT molecular complexity index is 606. The molecule has 2 bridgehead atoms. The van der Waals surface area contributed by atoms with Gasteiger partial charge in [-0.25, -0.2) is 13.1 Å². The lowest BCUT2D eigenvalue weighted by Gasteiger charge is -2.29. The van der Waals surface area contributed by atoms with Crippen molar-refractivity contribution in [3.05, 3.63) is 28.2 Å². The Kier molecular flexibility index (Phi) is 3.92. The van der Waals surface area contributed by atoms with Crippen molar-refractivity contribution in [2.24, 2.45) is 0 Å². The van der Waals surface area contributed by atoms with Crippen LogP contribution in [0.5, 0.6) is 0 Å². The fourth-order valence-electron chi connectivity index (χ4n) is 3.26. The number of halogens is 1. The van der Waals surface area contributed by atoms with Gasteiger partial charge in [0.05, 0.1) is 4.90 Å². The lowest BCUT2D eigenvalue weighted by molar-refractivity contribution is 0.345. The monoisotopic (exact) mass is 358 g/mol. The van der Waals surface area contributed by atoms with Crippen LogP contribution in [-0.4, -0.2) is 26.5 Å². The Morgan fingerprint density at radius 2 is 1.90 bits per heavy atom. The SMILES string of the molecule is Cc1cccc(S(=O)(=O)NC2CC3CCC(C2)N3)c1Br. The van der Waals surface area contributed by atoms with Crippen LogP contribution in [0.2, 0.25) is 0 Å². The molecule has 0 saturated carbocycles. The third kappa shape index (κ3) is 2.79. The number of piperidine rings is 1. The minimum atomic E-state index is -3.46. The van der Waals surface area contributed by atoms with Gasteiger partial charge in [-0.1, -0.05) is 12.1 Å². The van der Waals surface area contributed by atoms with Gasteiger partial charge in [-0.2, -0.15) is 0 Å². The first-order valence-electron chi connectivity index (χ1n) is 6.99. The molecule has 0 amide bonds. The smallest absolute Gasteiger partial charge is 0.241 e. The van der Waals surface area contributed by atoms with Crippen LogP contribution in [0.25, 0.3) is 0 Å². The molecule has 1 aromatic carbocycles. The van der Waals surface area contributed by atoms with Crippen LogP contribution in [-0.2, 0) is 10.0 Å². The molecule has 0 radical (unpaired) electrons. The van der Waals surface area contributed by atoms with Crippen LogP contribution in [0.1, 0.15) is 31.2 Å². The summed E-state index contributed by atoms with van der Waals surface area (Å²) in [5.41, 5.74) is 0.929. The van der Waals surface area contributed by atoms with Gasteiger partial charge < -0.3 is 5.32 Å². The lowest BCUT2D eigenvalue weighted by atomic mass is 10.0. The van der Waals surface area contributed by atoms with E-state index in [0.717, 1.165) is 31.2 Å². The van der Waals surface area contributed by atoms with Crippen molar-refractivity contribution in [2.75, 3.05) is 0 Å². The van der Waals surface area contributed by atoms with E-state index in [9.17, 15) is 8.42 Å². The molecule has 2 saturated heterocycles. The van der Waals surface area contributed by atoms with Crippen molar-refractivity contribution >= 4 is 26.0 Å². The topological polar surface area (TPSA) is 58.2 Å². The number of nitrogens with one attached hydrogen (secondary N) is 2. The molecule has 0 aromatic heterocycles. The molecule has 2 aliphatic heterocycles. The molecule has 6 heteroatoms. The molecule has 4 nitrogen and oxygen atoms in total. The van der Waals surface area contributed by atoms with Crippen molar-refractivity contribution in [1.82, 2.24) is 10.0 Å². The van der Waals surface area contributed by atoms with Gasteiger partial charge in [0.25, 0.3) is 0 Å². The normalized spacial score (nSPS) is 29.6. The summed E-state index contributed by atoms with van der Waals surface area (Å²) in [6.07, 6.45) is 4.10. The zero-order valence-corrected chi connectivity index (χ0v) is 13.8. The second kappa shape index (κ2) is 5.40. The van der Waals surface area contributed by atoms with Gasteiger partial charge in [-0.3, -0.25) is 0 Å². The quantitative estimate of drug-likeness (QED) is 0.871. The van der Waals surface area contributed by atoms with Crippen molar-refractivity contribution in [2.45, 2.75) is 55.6 Å². The zero-order valence-electron chi connectivity index (χ0n) is 11.4. The van der Waals surface area contributed by atoms with Gasteiger partial charge in [-0.05, 0) is 60.2 Å². The van der Waals surface area contributed by atoms with E-state index in [4.69, 9.17) is 0 Å². The first kappa shape index (κ1) is 14.5. The Hall–Kier alpha value is -0.430. The molecule has 0 spiro atoms. The summed E-state index contributed by atoms with van der Waals surface area (Å²) in [7, 11) is -3.46. The average molecular weight is 359 g/mol. The minimum Gasteiger partial charge on any atom is -0.311 e. The second-order valence-corrected chi connectivity index (χ2v) is 8.29. The molecule has 1 aromatic rings. The number of benzene rings is 1. The highest BCUT2D eigenvalue weighted by Gasteiger charge is 2.35. The van der Waals surface area contributed by atoms with E-state index in [1.807, 2.05) is 13.0 Å². The molecule has 2 aliphatic rings. The molecule has 20 heavy (non-hydrogen) atoms. The van der Waals surface area contributed by atoms with Crippen molar-refractivity contribution in [1.29, 1.82) is 0 Å². The van der Waals surface area contributed by atoms with Crippen LogP contribution >= 0.6 is 15.9 Å². The molecule has 0 aliphatic carbocycles. The number of fused-ring (bicyclic) bond motifs is 2. The molecule has 110 valence electrons. The van der Waals surface area contributed by atoms with E-state index in [-0.39, 0.29) is 6.04 Å². The zero-order chi connectivity index (χ0) is 14.3. The third-order valence-electron chi connectivity index (χ3n) is 4.24. The Balaban J connectivity index is 1.80. The first-order chi connectivity index (χ1) is 9.45. The van der Waals surface area contributed by atoms with Gasteiger partial charge in [0.2, 0.25) is 10.0 Å². The van der Waals surface area contributed by atoms with Gasteiger partial charge in [0, 0.05) is 22.6 Å². The lowest BCUT2D eigenvalue weighted by Crippen LogP contribution is -2.47. The average Bonchev–Trinajstić information content (AvgIpc) is 2.71. The van der Waals surface area contributed by atoms with E-state index in [1.54, 1.807) is 12.1 Å². The summed E-state index contributed by atoms with van der Waals surface area (Å²) in [6, 6.07) is 6.32. The first-order valence-corrected chi connectivity index (χ1v) is 9.27.